The molecule has 0 aliphatic heterocycles. The summed E-state index contributed by atoms with van der Waals surface area (Å²) < 4.78 is 0. The zero-order valence-electron chi connectivity index (χ0n) is 10.2. The largest absolute Gasteiger partial charge is 0.328 e. The van der Waals surface area contributed by atoms with Crippen LogP contribution in [0.1, 0.15) is 31.2 Å². The molecule has 0 bridgehead atoms. The van der Waals surface area contributed by atoms with Crippen LogP contribution in [0.4, 0.5) is 0 Å². The minimum Gasteiger partial charge on any atom is -0.328 e. The molecule has 1 aromatic carbocycles. The van der Waals surface area contributed by atoms with E-state index in [9.17, 15) is 4.79 Å². The number of ketones is 1. The standard InChI is InChI=1S/C14H17Cl2NO/c15-12-5-4-9(6-13(12)16)7-14(18)10-2-1-3-11(17)8-10/h4-6,10-11H,1-3,7-8,17H2. The Labute approximate surface area is 117 Å². The van der Waals surface area contributed by atoms with Crippen LogP contribution < -0.4 is 5.73 Å². The van der Waals surface area contributed by atoms with Crippen LogP contribution in [0.3, 0.4) is 0 Å². The molecule has 1 aliphatic rings. The number of carbonyl (C=O) groups is 1. The third-order valence-electron chi connectivity index (χ3n) is 3.53. The second-order valence-corrected chi connectivity index (χ2v) is 5.83. The van der Waals surface area contributed by atoms with Gasteiger partial charge in [0, 0.05) is 18.4 Å². The molecule has 2 rings (SSSR count). The van der Waals surface area contributed by atoms with Gasteiger partial charge in [0.2, 0.25) is 0 Å². The molecular weight excluding hydrogens is 269 g/mol. The quantitative estimate of drug-likeness (QED) is 0.922. The summed E-state index contributed by atoms with van der Waals surface area (Å²) in [6.45, 7) is 0. The van der Waals surface area contributed by atoms with Crippen molar-refractivity contribution in [3.63, 3.8) is 0 Å². The van der Waals surface area contributed by atoms with Gasteiger partial charge in [-0.05, 0) is 37.0 Å². The number of Topliss-reactive ketones (excluding diaryl/α,β-unsaturated/α-hetero) is 1. The molecule has 0 heterocycles. The lowest BCUT2D eigenvalue weighted by Crippen LogP contribution is -2.32. The molecule has 4 heteroatoms. The Morgan fingerprint density at radius 1 is 1.28 bits per heavy atom. The van der Waals surface area contributed by atoms with Crippen molar-refractivity contribution in [3.8, 4) is 0 Å². The fourth-order valence-corrected chi connectivity index (χ4v) is 2.84. The fourth-order valence-electron chi connectivity index (χ4n) is 2.52. The van der Waals surface area contributed by atoms with E-state index < -0.39 is 0 Å². The third kappa shape index (κ3) is 3.47. The zero-order chi connectivity index (χ0) is 13.1. The van der Waals surface area contributed by atoms with Gasteiger partial charge in [-0.3, -0.25) is 4.79 Å². The maximum Gasteiger partial charge on any atom is 0.140 e. The van der Waals surface area contributed by atoms with Crippen molar-refractivity contribution in [3.05, 3.63) is 33.8 Å². The highest BCUT2D eigenvalue weighted by Gasteiger charge is 2.25. The van der Waals surface area contributed by atoms with E-state index in [0.29, 0.717) is 16.5 Å². The minimum absolute atomic E-state index is 0.114. The normalized spacial score (nSPS) is 23.9. The summed E-state index contributed by atoms with van der Waals surface area (Å²) in [5.41, 5.74) is 6.83. The lowest BCUT2D eigenvalue weighted by molar-refractivity contribution is -0.123. The summed E-state index contributed by atoms with van der Waals surface area (Å²) in [5, 5.41) is 1.02. The summed E-state index contributed by atoms with van der Waals surface area (Å²) in [6, 6.07) is 5.54. The van der Waals surface area contributed by atoms with Crippen LogP contribution in [0.15, 0.2) is 18.2 Å². The van der Waals surface area contributed by atoms with Crippen molar-refractivity contribution < 1.29 is 4.79 Å². The second kappa shape index (κ2) is 6.05. The molecular formula is C14H17Cl2NO. The number of halogens is 2. The first-order chi connectivity index (χ1) is 8.56. The molecule has 2 N–H and O–H groups in total. The average Bonchev–Trinajstić information content (AvgIpc) is 2.34. The van der Waals surface area contributed by atoms with Gasteiger partial charge in [-0.15, -0.1) is 0 Å². The maximum absolute atomic E-state index is 12.2. The van der Waals surface area contributed by atoms with E-state index in [1.807, 2.05) is 6.07 Å². The van der Waals surface area contributed by atoms with Gasteiger partial charge in [0.25, 0.3) is 0 Å². The van der Waals surface area contributed by atoms with E-state index in [2.05, 4.69) is 0 Å². The number of nitrogens with two attached hydrogens (primary N) is 1. The highest BCUT2D eigenvalue weighted by atomic mass is 35.5. The first-order valence-corrected chi connectivity index (χ1v) is 7.04. The molecule has 2 atom stereocenters. The smallest absolute Gasteiger partial charge is 0.140 e. The van der Waals surface area contributed by atoms with Crippen molar-refractivity contribution in [2.45, 2.75) is 38.1 Å². The summed E-state index contributed by atoms with van der Waals surface area (Å²) in [7, 11) is 0. The highest BCUT2D eigenvalue weighted by molar-refractivity contribution is 6.42. The van der Waals surface area contributed by atoms with Crippen LogP contribution in [0.25, 0.3) is 0 Å². The van der Waals surface area contributed by atoms with Crippen molar-refractivity contribution in [1.29, 1.82) is 0 Å². The number of rotatable bonds is 3. The van der Waals surface area contributed by atoms with Crippen LogP contribution in [0, 0.1) is 5.92 Å². The SMILES string of the molecule is NC1CCCC(C(=O)Cc2ccc(Cl)c(Cl)c2)C1. The molecule has 0 saturated heterocycles. The zero-order valence-corrected chi connectivity index (χ0v) is 11.7. The Bertz CT molecular complexity index is 447. The van der Waals surface area contributed by atoms with Crippen molar-refractivity contribution >= 4 is 29.0 Å². The number of hydrogen-bond acceptors (Lipinski definition) is 2. The van der Waals surface area contributed by atoms with Gasteiger partial charge in [0.05, 0.1) is 10.0 Å². The molecule has 0 amide bonds. The van der Waals surface area contributed by atoms with Gasteiger partial charge in [0.1, 0.15) is 5.78 Å². The first-order valence-electron chi connectivity index (χ1n) is 6.28. The molecule has 1 saturated carbocycles. The van der Waals surface area contributed by atoms with Gasteiger partial charge in [-0.2, -0.15) is 0 Å². The Hall–Kier alpha value is -0.570. The Balaban J connectivity index is 2.00. The van der Waals surface area contributed by atoms with E-state index in [-0.39, 0.29) is 17.7 Å². The Morgan fingerprint density at radius 2 is 2.06 bits per heavy atom. The highest BCUT2D eigenvalue weighted by Crippen LogP contribution is 2.27. The van der Waals surface area contributed by atoms with E-state index >= 15 is 0 Å². The lowest BCUT2D eigenvalue weighted by atomic mass is 9.82. The molecule has 0 spiro atoms. The third-order valence-corrected chi connectivity index (χ3v) is 4.27. The minimum atomic E-state index is 0.114. The molecule has 1 aromatic rings. The monoisotopic (exact) mass is 285 g/mol. The molecule has 1 fully saturated rings. The van der Waals surface area contributed by atoms with Crippen molar-refractivity contribution in [1.82, 2.24) is 0 Å². The summed E-state index contributed by atoms with van der Waals surface area (Å²) >= 11 is 11.8. The molecule has 2 nitrogen and oxygen atoms in total. The molecule has 0 radical (unpaired) electrons. The van der Waals surface area contributed by atoms with Gasteiger partial charge >= 0.3 is 0 Å². The molecule has 0 aromatic heterocycles. The predicted octanol–water partition coefficient (Wildman–Crippen LogP) is 3.62. The number of benzene rings is 1. The van der Waals surface area contributed by atoms with Gasteiger partial charge < -0.3 is 5.73 Å². The Kier molecular flexibility index (Phi) is 4.66. The van der Waals surface area contributed by atoms with E-state index in [1.54, 1.807) is 12.1 Å². The second-order valence-electron chi connectivity index (χ2n) is 5.02. The maximum atomic E-state index is 12.2. The average molecular weight is 286 g/mol. The van der Waals surface area contributed by atoms with Crippen LogP contribution in [0.5, 0.6) is 0 Å². The van der Waals surface area contributed by atoms with Crippen LogP contribution in [-0.2, 0) is 11.2 Å². The van der Waals surface area contributed by atoms with Crippen LogP contribution in [-0.4, -0.2) is 11.8 Å². The summed E-state index contributed by atoms with van der Waals surface area (Å²) in [4.78, 5) is 12.2. The van der Waals surface area contributed by atoms with Gasteiger partial charge in [-0.25, -0.2) is 0 Å². The van der Waals surface area contributed by atoms with Crippen LogP contribution in [0.2, 0.25) is 10.0 Å². The van der Waals surface area contributed by atoms with Crippen LogP contribution >= 0.6 is 23.2 Å². The number of hydrogen-bond donors (Lipinski definition) is 1. The van der Waals surface area contributed by atoms with Gasteiger partial charge in [0.15, 0.2) is 0 Å². The van der Waals surface area contributed by atoms with Crippen molar-refractivity contribution in [2.75, 3.05) is 0 Å². The molecule has 1 aliphatic carbocycles. The Morgan fingerprint density at radius 3 is 2.72 bits per heavy atom. The summed E-state index contributed by atoms with van der Waals surface area (Å²) in [5.74, 6) is 0.381. The number of carbonyl (C=O) groups excluding carboxylic acids is 1. The molecule has 2 unspecified atom stereocenters. The van der Waals surface area contributed by atoms with Gasteiger partial charge in [-0.1, -0.05) is 35.7 Å². The summed E-state index contributed by atoms with van der Waals surface area (Å²) in [6.07, 6.45) is 4.30. The van der Waals surface area contributed by atoms with E-state index in [4.69, 9.17) is 28.9 Å². The van der Waals surface area contributed by atoms with Crippen molar-refractivity contribution in [2.24, 2.45) is 11.7 Å². The topological polar surface area (TPSA) is 43.1 Å². The predicted molar refractivity (Wildman–Crippen MR) is 75.1 cm³/mol. The van der Waals surface area contributed by atoms with E-state index in [0.717, 1.165) is 31.2 Å². The molecule has 98 valence electrons. The molecule has 18 heavy (non-hydrogen) atoms. The van der Waals surface area contributed by atoms with E-state index in [1.165, 1.54) is 0 Å². The lowest BCUT2D eigenvalue weighted by Gasteiger charge is -2.25. The fraction of sp³-hybridized carbons (Fsp3) is 0.500. The first kappa shape index (κ1) is 13.9.